The maximum atomic E-state index is 4.25. The topological polar surface area (TPSA) is 0 Å². The largest absolute Gasteiger partial charge is 0.179 e. The van der Waals surface area contributed by atoms with Crippen molar-refractivity contribution in [3.8, 4) is 0 Å². The molecule has 0 N–H and O–H groups in total. The van der Waals surface area contributed by atoms with Crippen molar-refractivity contribution in [3.63, 3.8) is 0 Å². The predicted octanol–water partition coefficient (Wildman–Crippen LogP) is 4.69. The number of thiol groups is 1. The molecule has 0 aliphatic carbocycles. The van der Waals surface area contributed by atoms with Crippen LogP contribution < -0.4 is 0 Å². The van der Waals surface area contributed by atoms with Gasteiger partial charge in [-0.15, -0.1) is 0 Å². The molecule has 0 aliphatic heterocycles. The van der Waals surface area contributed by atoms with E-state index < -0.39 is 0 Å². The van der Waals surface area contributed by atoms with E-state index in [4.69, 9.17) is 0 Å². The lowest BCUT2D eigenvalue weighted by Crippen LogP contribution is -2.00. The average Bonchev–Trinajstić information content (AvgIpc) is 2.14. The first-order valence-corrected chi connectivity index (χ1v) is 6.59. The van der Waals surface area contributed by atoms with Gasteiger partial charge in [0.25, 0.3) is 0 Å². The lowest BCUT2D eigenvalue weighted by molar-refractivity contribution is 0.391. The lowest BCUT2D eigenvalue weighted by atomic mass is 9.92. The van der Waals surface area contributed by atoms with E-state index in [-0.39, 0.29) is 0 Å². The Morgan fingerprint density at radius 1 is 0.846 bits per heavy atom. The molecule has 0 heterocycles. The molecule has 0 bridgehead atoms. The van der Waals surface area contributed by atoms with Gasteiger partial charge in [0, 0.05) is 0 Å². The maximum Gasteiger partial charge on any atom is -0.00979 e. The molecule has 0 aromatic rings. The van der Waals surface area contributed by atoms with E-state index in [1.165, 1.54) is 51.4 Å². The van der Waals surface area contributed by atoms with Crippen LogP contribution in [0.1, 0.15) is 65.2 Å². The zero-order valence-corrected chi connectivity index (χ0v) is 10.3. The van der Waals surface area contributed by atoms with Crippen molar-refractivity contribution in [1.82, 2.24) is 0 Å². The van der Waals surface area contributed by atoms with Gasteiger partial charge in [0.1, 0.15) is 0 Å². The quantitative estimate of drug-likeness (QED) is 0.407. The normalized spacial score (nSPS) is 13.2. The number of hydrogen-bond acceptors (Lipinski definition) is 1. The van der Waals surface area contributed by atoms with Crippen LogP contribution in [0.25, 0.3) is 0 Å². The van der Waals surface area contributed by atoms with Gasteiger partial charge in [0.2, 0.25) is 0 Å². The molecule has 1 unspecified atom stereocenters. The lowest BCUT2D eigenvalue weighted by Gasteiger charge is -2.14. The molecule has 13 heavy (non-hydrogen) atoms. The number of hydrogen-bond donors (Lipinski definition) is 1. The van der Waals surface area contributed by atoms with Crippen molar-refractivity contribution in [2.24, 2.45) is 5.92 Å². The fraction of sp³-hybridized carbons (Fsp3) is 1.00. The molecule has 0 radical (unpaired) electrons. The third kappa shape index (κ3) is 8.67. The standard InChI is InChI=1S/C12H26S/c1-3-5-9-12(8-4-2)10-6-7-11-13/h12-13H,3-11H2,1-2H3. The molecular formula is C12H26S. The molecule has 0 aliphatic rings. The smallest absolute Gasteiger partial charge is 0.00979 e. The molecule has 0 rings (SSSR count). The molecule has 0 aromatic heterocycles. The Kier molecular flexibility index (Phi) is 10.7. The van der Waals surface area contributed by atoms with Crippen LogP contribution in [0.3, 0.4) is 0 Å². The summed E-state index contributed by atoms with van der Waals surface area (Å²) in [5, 5.41) is 0. The van der Waals surface area contributed by atoms with Crippen LogP contribution >= 0.6 is 12.6 Å². The first-order chi connectivity index (χ1) is 6.35. The van der Waals surface area contributed by atoms with Gasteiger partial charge in [0.15, 0.2) is 0 Å². The van der Waals surface area contributed by atoms with Crippen molar-refractivity contribution < 1.29 is 0 Å². The van der Waals surface area contributed by atoms with E-state index in [9.17, 15) is 0 Å². The Morgan fingerprint density at radius 2 is 1.54 bits per heavy atom. The molecule has 0 nitrogen and oxygen atoms in total. The molecule has 0 saturated heterocycles. The van der Waals surface area contributed by atoms with Gasteiger partial charge in [0.05, 0.1) is 0 Å². The van der Waals surface area contributed by atoms with Crippen LogP contribution in [-0.4, -0.2) is 5.75 Å². The second-order valence-corrected chi connectivity index (χ2v) is 4.46. The van der Waals surface area contributed by atoms with Gasteiger partial charge >= 0.3 is 0 Å². The van der Waals surface area contributed by atoms with Crippen LogP contribution in [0.15, 0.2) is 0 Å². The molecule has 0 aromatic carbocycles. The Labute approximate surface area is 89.9 Å². The number of rotatable bonds is 9. The zero-order chi connectivity index (χ0) is 9.94. The van der Waals surface area contributed by atoms with Gasteiger partial charge in [-0.2, -0.15) is 12.6 Å². The minimum Gasteiger partial charge on any atom is -0.179 e. The minimum absolute atomic E-state index is 1.00. The minimum atomic E-state index is 1.00. The summed E-state index contributed by atoms with van der Waals surface area (Å²) >= 11 is 4.25. The summed E-state index contributed by atoms with van der Waals surface area (Å²) in [5.41, 5.74) is 0. The van der Waals surface area contributed by atoms with Crippen molar-refractivity contribution in [2.75, 3.05) is 5.75 Å². The monoisotopic (exact) mass is 202 g/mol. The van der Waals surface area contributed by atoms with E-state index in [1.54, 1.807) is 0 Å². The van der Waals surface area contributed by atoms with Crippen molar-refractivity contribution in [1.29, 1.82) is 0 Å². The summed E-state index contributed by atoms with van der Waals surface area (Å²) in [7, 11) is 0. The van der Waals surface area contributed by atoms with Crippen molar-refractivity contribution >= 4 is 12.6 Å². The molecule has 0 amide bonds. The third-order valence-corrected chi connectivity index (χ3v) is 3.00. The summed E-state index contributed by atoms with van der Waals surface area (Å²) in [5.74, 6) is 2.07. The van der Waals surface area contributed by atoms with Crippen molar-refractivity contribution in [3.05, 3.63) is 0 Å². The summed E-state index contributed by atoms with van der Waals surface area (Å²) in [4.78, 5) is 0. The van der Waals surface area contributed by atoms with Crippen LogP contribution in [0, 0.1) is 5.92 Å². The summed E-state index contributed by atoms with van der Waals surface area (Å²) in [6, 6.07) is 0. The highest BCUT2D eigenvalue weighted by atomic mass is 32.1. The average molecular weight is 202 g/mol. The molecular weight excluding hydrogens is 176 g/mol. The third-order valence-electron chi connectivity index (χ3n) is 2.68. The van der Waals surface area contributed by atoms with Gasteiger partial charge in [-0.1, -0.05) is 58.8 Å². The van der Waals surface area contributed by atoms with Gasteiger partial charge in [-0.3, -0.25) is 0 Å². The summed E-state index contributed by atoms with van der Waals surface area (Å²) in [6.45, 7) is 4.59. The predicted molar refractivity (Wildman–Crippen MR) is 65.6 cm³/mol. The fourth-order valence-electron chi connectivity index (χ4n) is 1.88. The Morgan fingerprint density at radius 3 is 2.08 bits per heavy atom. The summed E-state index contributed by atoms with van der Waals surface area (Å²) in [6.07, 6.45) is 11.2. The molecule has 1 atom stereocenters. The van der Waals surface area contributed by atoms with Crippen LogP contribution in [0.2, 0.25) is 0 Å². The van der Waals surface area contributed by atoms with Crippen molar-refractivity contribution in [2.45, 2.75) is 65.2 Å². The van der Waals surface area contributed by atoms with E-state index >= 15 is 0 Å². The van der Waals surface area contributed by atoms with Gasteiger partial charge in [-0.05, 0) is 18.1 Å². The van der Waals surface area contributed by atoms with E-state index in [0.717, 1.165) is 11.7 Å². The molecule has 0 fully saturated rings. The summed E-state index contributed by atoms with van der Waals surface area (Å²) < 4.78 is 0. The molecule has 80 valence electrons. The molecule has 1 heteroatoms. The first kappa shape index (κ1) is 13.4. The zero-order valence-electron chi connectivity index (χ0n) is 9.39. The van der Waals surface area contributed by atoms with Crippen LogP contribution in [-0.2, 0) is 0 Å². The van der Waals surface area contributed by atoms with E-state index in [0.29, 0.717) is 0 Å². The first-order valence-electron chi connectivity index (χ1n) is 5.96. The van der Waals surface area contributed by atoms with Crippen LogP contribution in [0.5, 0.6) is 0 Å². The van der Waals surface area contributed by atoms with E-state index in [1.807, 2.05) is 0 Å². The maximum absolute atomic E-state index is 4.25. The fourth-order valence-corrected chi connectivity index (χ4v) is 2.10. The Balaban J connectivity index is 3.41. The van der Waals surface area contributed by atoms with E-state index in [2.05, 4.69) is 26.5 Å². The number of unbranched alkanes of at least 4 members (excludes halogenated alkanes) is 2. The SMILES string of the molecule is CCCCC(CCC)CCCCS. The molecule has 0 saturated carbocycles. The van der Waals surface area contributed by atoms with Gasteiger partial charge < -0.3 is 0 Å². The second kappa shape index (κ2) is 10.4. The van der Waals surface area contributed by atoms with Gasteiger partial charge in [-0.25, -0.2) is 0 Å². The molecule has 0 spiro atoms. The Bertz CT molecular complexity index is 91.1. The highest BCUT2D eigenvalue weighted by Crippen LogP contribution is 2.21. The van der Waals surface area contributed by atoms with Crippen LogP contribution in [0.4, 0.5) is 0 Å². The second-order valence-electron chi connectivity index (χ2n) is 4.02. The highest BCUT2D eigenvalue weighted by molar-refractivity contribution is 7.80. The highest BCUT2D eigenvalue weighted by Gasteiger charge is 2.06. The Hall–Kier alpha value is 0.350.